The number of amides is 1. The van der Waals surface area contributed by atoms with Crippen molar-refractivity contribution in [2.45, 2.75) is 25.8 Å². The van der Waals surface area contributed by atoms with Gasteiger partial charge in [-0.25, -0.2) is 0 Å². The summed E-state index contributed by atoms with van der Waals surface area (Å²) in [6, 6.07) is 0.142. The van der Waals surface area contributed by atoms with Crippen LogP contribution in [0.4, 0.5) is 0 Å². The zero-order valence-corrected chi connectivity index (χ0v) is 11.3. The SMILES string of the molecule is CC1CCCN(C(=O)c2csnn2)C1CN.Cl. The highest BCUT2D eigenvalue weighted by atomic mass is 35.5. The Bertz CT molecular complexity index is 359. The molecule has 2 heterocycles. The molecule has 0 bridgehead atoms. The summed E-state index contributed by atoms with van der Waals surface area (Å²) in [5.41, 5.74) is 6.19. The summed E-state index contributed by atoms with van der Waals surface area (Å²) in [6.45, 7) is 3.45. The van der Waals surface area contributed by atoms with E-state index in [1.165, 1.54) is 11.5 Å². The molecule has 1 aliphatic heterocycles. The van der Waals surface area contributed by atoms with Crippen LogP contribution in [-0.2, 0) is 0 Å². The van der Waals surface area contributed by atoms with Crippen LogP contribution in [0.15, 0.2) is 5.38 Å². The summed E-state index contributed by atoms with van der Waals surface area (Å²) in [4.78, 5) is 14.0. The van der Waals surface area contributed by atoms with E-state index in [1.807, 2.05) is 4.90 Å². The highest BCUT2D eigenvalue weighted by molar-refractivity contribution is 7.03. The van der Waals surface area contributed by atoms with Gasteiger partial charge in [0, 0.05) is 24.5 Å². The Balaban J connectivity index is 0.00000144. The molecular weight excluding hydrogens is 260 g/mol. The first-order chi connectivity index (χ1) is 7.74. The summed E-state index contributed by atoms with van der Waals surface area (Å²) in [7, 11) is 0. The second-order valence-electron chi connectivity index (χ2n) is 4.21. The van der Waals surface area contributed by atoms with Gasteiger partial charge in [-0.1, -0.05) is 11.4 Å². The van der Waals surface area contributed by atoms with Crippen LogP contribution in [0.5, 0.6) is 0 Å². The van der Waals surface area contributed by atoms with Gasteiger partial charge in [-0.3, -0.25) is 4.79 Å². The van der Waals surface area contributed by atoms with Crippen LogP contribution in [0.2, 0.25) is 0 Å². The third kappa shape index (κ3) is 2.94. The van der Waals surface area contributed by atoms with E-state index in [9.17, 15) is 4.79 Å². The van der Waals surface area contributed by atoms with Gasteiger partial charge in [-0.2, -0.15) is 0 Å². The summed E-state index contributed by atoms with van der Waals surface area (Å²) in [6.07, 6.45) is 2.18. The molecule has 0 saturated carbocycles. The second-order valence-corrected chi connectivity index (χ2v) is 4.82. The minimum atomic E-state index is -0.0317. The maximum Gasteiger partial charge on any atom is 0.275 e. The monoisotopic (exact) mass is 276 g/mol. The highest BCUT2D eigenvalue weighted by Gasteiger charge is 2.32. The number of aromatic nitrogens is 2. The van der Waals surface area contributed by atoms with Gasteiger partial charge in [0.25, 0.3) is 5.91 Å². The smallest absolute Gasteiger partial charge is 0.275 e. The van der Waals surface area contributed by atoms with E-state index in [0.29, 0.717) is 18.2 Å². The Morgan fingerprint density at radius 2 is 2.47 bits per heavy atom. The second kappa shape index (κ2) is 6.28. The Labute approximate surface area is 111 Å². The normalized spacial score (nSPS) is 24.2. The Morgan fingerprint density at radius 1 is 1.71 bits per heavy atom. The lowest BCUT2D eigenvalue weighted by atomic mass is 9.90. The molecule has 0 radical (unpaired) electrons. The topological polar surface area (TPSA) is 72.1 Å². The van der Waals surface area contributed by atoms with Crippen LogP contribution < -0.4 is 5.73 Å². The van der Waals surface area contributed by atoms with Gasteiger partial charge < -0.3 is 10.6 Å². The summed E-state index contributed by atoms with van der Waals surface area (Å²) in [5.74, 6) is 0.435. The summed E-state index contributed by atoms with van der Waals surface area (Å²) < 4.78 is 3.72. The van der Waals surface area contributed by atoms with Crippen molar-refractivity contribution in [3.05, 3.63) is 11.1 Å². The molecule has 2 rings (SSSR count). The number of nitrogens with two attached hydrogens (primary N) is 1. The van der Waals surface area contributed by atoms with Crippen molar-refractivity contribution in [1.29, 1.82) is 0 Å². The minimum Gasteiger partial charge on any atom is -0.333 e. The van der Waals surface area contributed by atoms with E-state index in [1.54, 1.807) is 5.38 Å². The molecule has 0 aliphatic carbocycles. The molecule has 1 amide bonds. The largest absolute Gasteiger partial charge is 0.333 e. The van der Waals surface area contributed by atoms with E-state index < -0.39 is 0 Å². The van der Waals surface area contributed by atoms with Crippen LogP contribution in [0, 0.1) is 5.92 Å². The van der Waals surface area contributed by atoms with E-state index in [4.69, 9.17) is 5.73 Å². The van der Waals surface area contributed by atoms with Crippen molar-refractivity contribution >= 4 is 29.8 Å². The van der Waals surface area contributed by atoms with Crippen LogP contribution in [0.1, 0.15) is 30.3 Å². The van der Waals surface area contributed by atoms with Gasteiger partial charge in [-0.15, -0.1) is 17.5 Å². The van der Waals surface area contributed by atoms with E-state index in [-0.39, 0.29) is 24.4 Å². The molecule has 1 saturated heterocycles. The predicted molar refractivity (Wildman–Crippen MR) is 69.4 cm³/mol. The molecule has 1 aromatic rings. The first-order valence-corrected chi connectivity index (χ1v) is 6.35. The lowest BCUT2D eigenvalue weighted by Gasteiger charge is -2.39. The number of hydrogen-bond acceptors (Lipinski definition) is 5. The molecule has 7 heteroatoms. The van der Waals surface area contributed by atoms with Crippen molar-refractivity contribution in [1.82, 2.24) is 14.5 Å². The lowest BCUT2D eigenvalue weighted by molar-refractivity contribution is 0.0526. The Kier molecular flexibility index (Phi) is 5.30. The maximum absolute atomic E-state index is 12.2. The number of carbonyl (C=O) groups excluding carboxylic acids is 1. The van der Waals surface area contributed by atoms with Crippen molar-refractivity contribution in [2.75, 3.05) is 13.1 Å². The molecule has 1 aromatic heterocycles. The lowest BCUT2D eigenvalue weighted by Crippen LogP contribution is -2.51. The quantitative estimate of drug-likeness (QED) is 0.880. The van der Waals surface area contributed by atoms with Crippen molar-refractivity contribution in [3.63, 3.8) is 0 Å². The highest BCUT2D eigenvalue weighted by Crippen LogP contribution is 2.23. The molecule has 5 nitrogen and oxygen atoms in total. The molecule has 1 fully saturated rings. The van der Waals surface area contributed by atoms with Crippen molar-refractivity contribution < 1.29 is 4.79 Å². The first kappa shape index (κ1) is 14.3. The van der Waals surface area contributed by atoms with E-state index in [2.05, 4.69) is 16.5 Å². The standard InChI is InChI=1S/C10H16N4OS.ClH/c1-7-3-2-4-14(9(7)5-11)10(15)8-6-16-13-12-8;/h6-7,9H,2-5,11H2,1H3;1H. The van der Waals surface area contributed by atoms with E-state index in [0.717, 1.165) is 19.4 Å². The average Bonchev–Trinajstić information content (AvgIpc) is 2.81. The van der Waals surface area contributed by atoms with Crippen molar-refractivity contribution in [3.8, 4) is 0 Å². The molecule has 0 aromatic carbocycles. The van der Waals surface area contributed by atoms with Crippen LogP contribution in [0.3, 0.4) is 0 Å². The van der Waals surface area contributed by atoms with Crippen LogP contribution in [0.25, 0.3) is 0 Å². The zero-order chi connectivity index (χ0) is 11.5. The van der Waals surface area contributed by atoms with Gasteiger partial charge in [0.1, 0.15) is 0 Å². The molecule has 2 N–H and O–H groups in total. The average molecular weight is 277 g/mol. The molecule has 0 spiro atoms. The fourth-order valence-corrected chi connectivity index (χ4v) is 2.70. The van der Waals surface area contributed by atoms with Crippen molar-refractivity contribution in [2.24, 2.45) is 11.7 Å². The molecule has 17 heavy (non-hydrogen) atoms. The van der Waals surface area contributed by atoms with Crippen LogP contribution >= 0.6 is 23.9 Å². The van der Waals surface area contributed by atoms with E-state index >= 15 is 0 Å². The Hall–Kier alpha value is -0.720. The number of nitrogens with zero attached hydrogens (tertiary/aromatic N) is 3. The van der Waals surface area contributed by atoms with Gasteiger partial charge >= 0.3 is 0 Å². The zero-order valence-electron chi connectivity index (χ0n) is 9.70. The maximum atomic E-state index is 12.2. The van der Waals surface area contributed by atoms with Gasteiger partial charge in [0.05, 0.1) is 0 Å². The molecule has 1 aliphatic rings. The Morgan fingerprint density at radius 3 is 3.06 bits per heavy atom. The third-order valence-electron chi connectivity index (χ3n) is 3.20. The number of piperidine rings is 1. The molecule has 2 unspecified atom stereocenters. The minimum absolute atomic E-state index is 0. The number of hydrogen-bond donors (Lipinski definition) is 1. The van der Waals surface area contributed by atoms with Crippen LogP contribution in [-0.4, -0.2) is 39.5 Å². The third-order valence-corrected chi connectivity index (χ3v) is 3.70. The molecular formula is C10H17ClN4OS. The number of carbonyl (C=O) groups is 1. The summed E-state index contributed by atoms with van der Waals surface area (Å²) >= 11 is 1.20. The molecule has 96 valence electrons. The fraction of sp³-hybridized carbons (Fsp3) is 0.700. The number of halogens is 1. The first-order valence-electron chi connectivity index (χ1n) is 5.52. The summed E-state index contributed by atoms with van der Waals surface area (Å²) in [5, 5.41) is 5.51. The van der Waals surface area contributed by atoms with Gasteiger partial charge in [0.2, 0.25) is 0 Å². The molecule has 2 atom stereocenters. The van der Waals surface area contributed by atoms with Gasteiger partial charge in [0.15, 0.2) is 5.69 Å². The van der Waals surface area contributed by atoms with Gasteiger partial charge in [-0.05, 0) is 30.3 Å². The number of likely N-dealkylation sites (tertiary alicyclic amines) is 1. The predicted octanol–water partition coefficient (Wildman–Crippen LogP) is 1.16. The number of rotatable bonds is 2. The fourth-order valence-electron chi connectivity index (χ4n) is 2.27.